The summed E-state index contributed by atoms with van der Waals surface area (Å²) in [5.41, 5.74) is -1.39. The van der Waals surface area contributed by atoms with Crippen LogP contribution in [0.4, 0.5) is 0 Å². The van der Waals surface area contributed by atoms with Crippen LogP contribution in [0.15, 0.2) is 0 Å². The average molecular weight is 242 g/mol. The Kier molecular flexibility index (Phi) is 3.55. The lowest BCUT2D eigenvalue weighted by molar-refractivity contribution is -0.179. The van der Waals surface area contributed by atoms with Crippen LogP contribution in [-0.2, 0) is 19.1 Å². The first kappa shape index (κ1) is 14.0. The van der Waals surface area contributed by atoms with Crippen molar-refractivity contribution in [2.24, 2.45) is 11.3 Å². The molecule has 98 valence electrons. The van der Waals surface area contributed by atoms with Gasteiger partial charge in [-0.15, -0.1) is 0 Å². The number of hydrogen-bond acceptors (Lipinski definition) is 4. The van der Waals surface area contributed by atoms with Crippen molar-refractivity contribution in [3.63, 3.8) is 0 Å². The van der Waals surface area contributed by atoms with E-state index in [1.54, 1.807) is 34.6 Å². The van der Waals surface area contributed by atoms with Crippen LogP contribution in [0.2, 0.25) is 0 Å². The van der Waals surface area contributed by atoms with Crippen LogP contribution in [-0.4, -0.2) is 23.6 Å². The fourth-order valence-electron chi connectivity index (χ4n) is 2.09. The van der Waals surface area contributed by atoms with E-state index >= 15 is 0 Å². The maximum absolute atomic E-state index is 12.0. The number of rotatable bonds is 2. The van der Waals surface area contributed by atoms with Gasteiger partial charge in [0.25, 0.3) is 0 Å². The maximum Gasteiger partial charge on any atom is 0.313 e. The van der Waals surface area contributed by atoms with Gasteiger partial charge in [-0.3, -0.25) is 9.59 Å². The first-order valence-electron chi connectivity index (χ1n) is 6.09. The van der Waals surface area contributed by atoms with Gasteiger partial charge >= 0.3 is 11.9 Å². The van der Waals surface area contributed by atoms with Gasteiger partial charge in [0.05, 0.1) is 11.3 Å². The third-order valence-corrected chi connectivity index (χ3v) is 3.52. The van der Waals surface area contributed by atoms with Gasteiger partial charge in [-0.05, 0) is 41.0 Å². The van der Waals surface area contributed by atoms with E-state index in [0.717, 1.165) is 0 Å². The molecule has 0 spiro atoms. The van der Waals surface area contributed by atoms with Crippen molar-refractivity contribution in [2.75, 3.05) is 0 Å². The van der Waals surface area contributed by atoms with E-state index < -0.39 is 16.9 Å². The summed E-state index contributed by atoms with van der Waals surface area (Å²) in [4.78, 5) is 23.6. The summed E-state index contributed by atoms with van der Waals surface area (Å²) in [5, 5.41) is 0. The molecule has 3 unspecified atom stereocenters. The van der Waals surface area contributed by atoms with Gasteiger partial charge < -0.3 is 9.47 Å². The smallest absolute Gasteiger partial charge is 0.313 e. The fourth-order valence-corrected chi connectivity index (χ4v) is 2.09. The summed E-state index contributed by atoms with van der Waals surface area (Å²) in [5.74, 6) is -0.994. The Morgan fingerprint density at radius 2 is 1.94 bits per heavy atom. The van der Waals surface area contributed by atoms with Crippen LogP contribution in [0, 0.1) is 11.3 Å². The second-order valence-electron chi connectivity index (χ2n) is 5.75. The molecule has 3 atom stereocenters. The van der Waals surface area contributed by atoms with Crippen LogP contribution in [0.25, 0.3) is 0 Å². The lowest BCUT2D eigenvalue weighted by Crippen LogP contribution is -2.47. The number of hydrogen-bond donors (Lipinski definition) is 0. The molecule has 1 saturated heterocycles. The third kappa shape index (κ3) is 2.31. The van der Waals surface area contributed by atoms with Crippen LogP contribution >= 0.6 is 0 Å². The molecule has 0 aromatic rings. The zero-order valence-corrected chi connectivity index (χ0v) is 11.5. The molecule has 0 N–H and O–H groups in total. The molecule has 0 aliphatic carbocycles. The Hall–Kier alpha value is -1.06. The molecule has 1 fully saturated rings. The zero-order valence-electron chi connectivity index (χ0n) is 11.5. The van der Waals surface area contributed by atoms with Crippen molar-refractivity contribution in [3.8, 4) is 0 Å². The first-order chi connectivity index (χ1) is 7.65. The molecular formula is C13H22O4. The number of cyclic esters (lactones) is 1. The molecule has 1 aliphatic rings. The highest BCUT2D eigenvalue weighted by Crippen LogP contribution is 2.40. The molecule has 0 bridgehead atoms. The topological polar surface area (TPSA) is 52.6 Å². The Bertz CT molecular complexity index is 329. The van der Waals surface area contributed by atoms with Crippen LogP contribution < -0.4 is 0 Å². The zero-order chi connectivity index (χ0) is 13.4. The number of ether oxygens (including phenoxy) is 2. The van der Waals surface area contributed by atoms with Gasteiger partial charge in [-0.2, -0.15) is 0 Å². The lowest BCUT2D eigenvalue weighted by Gasteiger charge is -2.35. The van der Waals surface area contributed by atoms with Crippen molar-refractivity contribution >= 4 is 11.9 Å². The van der Waals surface area contributed by atoms with Gasteiger partial charge in [0.2, 0.25) is 0 Å². The summed E-state index contributed by atoms with van der Waals surface area (Å²) in [6, 6.07) is 0. The molecule has 0 aromatic heterocycles. The molecule has 1 aliphatic heterocycles. The van der Waals surface area contributed by atoms with E-state index in [4.69, 9.17) is 9.47 Å². The Balaban J connectivity index is 2.98. The summed E-state index contributed by atoms with van der Waals surface area (Å²) in [6.07, 6.45) is 0.185. The SMILES string of the molecule is CCC1(OC(=O)C(C)(C)C)C(C)OC(=O)C1C. The Morgan fingerprint density at radius 1 is 1.41 bits per heavy atom. The predicted molar refractivity (Wildman–Crippen MR) is 63.3 cm³/mol. The maximum atomic E-state index is 12.0. The van der Waals surface area contributed by atoms with E-state index in [1.165, 1.54) is 0 Å². The van der Waals surface area contributed by atoms with Crippen molar-refractivity contribution in [2.45, 2.75) is 59.7 Å². The van der Waals surface area contributed by atoms with Crippen LogP contribution in [0.5, 0.6) is 0 Å². The lowest BCUT2D eigenvalue weighted by atomic mass is 9.83. The molecule has 1 rings (SSSR count). The minimum absolute atomic E-state index is 0.291. The van der Waals surface area contributed by atoms with E-state index in [0.29, 0.717) is 6.42 Å². The third-order valence-electron chi connectivity index (χ3n) is 3.52. The fraction of sp³-hybridized carbons (Fsp3) is 0.846. The minimum atomic E-state index is -0.818. The Morgan fingerprint density at radius 3 is 2.24 bits per heavy atom. The van der Waals surface area contributed by atoms with Gasteiger partial charge in [-0.1, -0.05) is 6.92 Å². The molecule has 0 radical (unpaired) electrons. The van der Waals surface area contributed by atoms with Crippen LogP contribution in [0.3, 0.4) is 0 Å². The van der Waals surface area contributed by atoms with Gasteiger partial charge in [0, 0.05) is 0 Å². The van der Waals surface area contributed by atoms with Gasteiger partial charge in [0.15, 0.2) is 5.60 Å². The number of esters is 2. The summed E-state index contributed by atoms with van der Waals surface area (Å²) < 4.78 is 10.8. The molecule has 0 aromatic carbocycles. The molecule has 0 saturated carbocycles. The van der Waals surface area contributed by atoms with E-state index in [9.17, 15) is 9.59 Å². The highest BCUT2D eigenvalue weighted by molar-refractivity contribution is 5.80. The molecule has 4 nitrogen and oxygen atoms in total. The second kappa shape index (κ2) is 4.31. The quantitative estimate of drug-likeness (QED) is 0.697. The number of carbonyl (C=O) groups is 2. The van der Waals surface area contributed by atoms with E-state index in [2.05, 4.69) is 0 Å². The minimum Gasteiger partial charge on any atom is -0.458 e. The molecule has 1 heterocycles. The normalized spacial score (nSPS) is 33.4. The van der Waals surface area contributed by atoms with E-state index in [1.807, 2.05) is 6.92 Å². The van der Waals surface area contributed by atoms with Crippen molar-refractivity contribution < 1.29 is 19.1 Å². The average Bonchev–Trinajstić information content (AvgIpc) is 2.41. The molecular weight excluding hydrogens is 220 g/mol. The van der Waals surface area contributed by atoms with Crippen molar-refractivity contribution in [1.29, 1.82) is 0 Å². The second-order valence-corrected chi connectivity index (χ2v) is 5.75. The Labute approximate surface area is 103 Å². The summed E-state index contributed by atoms with van der Waals surface area (Å²) >= 11 is 0. The van der Waals surface area contributed by atoms with Crippen LogP contribution in [0.1, 0.15) is 48.0 Å². The predicted octanol–water partition coefficient (Wildman–Crippen LogP) is 2.31. The molecule has 17 heavy (non-hydrogen) atoms. The van der Waals surface area contributed by atoms with Crippen molar-refractivity contribution in [1.82, 2.24) is 0 Å². The standard InChI is InChI=1S/C13H22O4/c1-7-13(17-11(15)12(4,5)6)8(2)10(14)16-9(13)3/h8-9H,7H2,1-6H3. The number of carbonyl (C=O) groups excluding carboxylic acids is 2. The van der Waals surface area contributed by atoms with E-state index in [-0.39, 0.29) is 18.0 Å². The highest BCUT2D eigenvalue weighted by atomic mass is 16.6. The van der Waals surface area contributed by atoms with Gasteiger partial charge in [-0.25, -0.2) is 0 Å². The van der Waals surface area contributed by atoms with Gasteiger partial charge in [0.1, 0.15) is 6.10 Å². The molecule has 4 heteroatoms. The summed E-state index contributed by atoms with van der Waals surface area (Å²) in [7, 11) is 0. The highest BCUT2D eigenvalue weighted by Gasteiger charge is 2.55. The van der Waals surface area contributed by atoms with Crippen molar-refractivity contribution in [3.05, 3.63) is 0 Å². The molecule has 0 amide bonds. The first-order valence-corrected chi connectivity index (χ1v) is 6.09. The monoisotopic (exact) mass is 242 g/mol. The largest absolute Gasteiger partial charge is 0.458 e. The summed E-state index contributed by atoms with van der Waals surface area (Å²) in [6.45, 7) is 10.8.